The van der Waals surface area contributed by atoms with Gasteiger partial charge in [0.15, 0.2) is 6.10 Å². The van der Waals surface area contributed by atoms with E-state index in [-0.39, 0.29) is 31.1 Å². The lowest BCUT2D eigenvalue weighted by Gasteiger charge is -2.18. The Balaban J connectivity index is 4.28. The van der Waals surface area contributed by atoms with E-state index in [0.29, 0.717) is 19.3 Å². The molecule has 0 aromatic rings. The largest absolute Gasteiger partial charge is 0.462 e. The lowest BCUT2D eigenvalue weighted by Crippen LogP contribution is -2.30. The maximum absolute atomic E-state index is 12.9. The topological polar surface area (TPSA) is 78.9 Å². The second-order valence-corrected chi connectivity index (χ2v) is 20.6. The van der Waals surface area contributed by atoms with Crippen molar-refractivity contribution in [2.45, 2.75) is 322 Å². The zero-order valence-corrected chi connectivity index (χ0v) is 47.2. The molecule has 0 aromatic carbocycles. The molecule has 0 N–H and O–H groups in total. The summed E-state index contributed by atoms with van der Waals surface area (Å²) < 4.78 is 16.9. The average Bonchev–Trinajstić information content (AvgIpc) is 3.37. The van der Waals surface area contributed by atoms with Crippen LogP contribution in [-0.4, -0.2) is 37.2 Å². The molecule has 1 atom stereocenters. The average molecular weight is 994 g/mol. The predicted molar refractivity (Wildman–Crippen MR) is 307 cm³/mol. The molecule has 6 heteroatoms. The Hall–Kier alpha value is -2.89. The van der Waals surface area contributed by atoms with E-state index in [0.717, 1.165) is 83.5 Å². The normalized spacial score (nSPS) is 12.4. The quantitative estimate of drug-likeness (QED) is 0.0261. The zero-order valence-electron chi connectivity index (χ0n) is 47.2. The van der Waals surface area contributed by atoms with Gasteiger partial charge in [0, 0.05) is 19.3 Å². The van der Waals surface area contributed by atoms with Crippen LogP contribution < -0.4 is 0 Å². The van der Waals surface area contributed by atoms with Crippen molar-refractivity contribution >= 4 is 17.9 Å². The number of hydrogen-bond acceptors (Lipinski definition) is 6. The number of carbonyl (C=O) groups excluding carboxylic acids is 3. The Kier molecular flexibility index (Phi) is 57.2. The van der Waals surface area contributed by atoms with Crippen LogP contribution in [0.5, 0.6) is 0 Å². The molecule has 0 rings (SSSR count). The van der Waals surface area contributed by atoms with Gasteiger partial charge in [-0.1, -0.05) is 274 Å². The van der Waals surface area contributed by atoms with Gasteiger partial charge in [0.2, 0.25) is 0 Å². The van der Waals surface area contributed by atoms with Gasteiger partial charge in [-0.05, 0) is 83.5 Å². The molecule has 0 aliphatic heterocycles. The molecule has 0 heterocycles. The number of hydrogen-bond donors (Lipinski definition) is 0. The van der Waals surface area contributed by atoms with E-state index in [1.54, 1.807) is 0 Å². The lowest BCUT2D eigenvalue weighted by atomic mass is 10.0. The number of esters is 3. The van der Waals surface area contributed by atoms with Crippen molar-refractivity contribution in [1.82, 2.24) is 0 Å². The summed E-state index contributed by atoms with van der Waals surface area (Å²) in [5, 5.41) is 0. The molecule has 0 bridgehead atoms. The van der Waals surface area contributed by atoms with Crippen LogP contribution in [-0.2, 0) is 28.6 Å². The second kappa shape index (κ2) is 59.7. The van der Waals surface area contributed by atoms with Crippen LogP contribution in [0.25, 0.3) is 0 Å². The molecule has 0 radical (unpaired) electrons. The third-order valence-corrected chi connectivity index (χ3v) is 13.5. The summed E-state index contributed by atoms with van der Waals surface area (Å²) in [5.74, 6) is -0.865. The minimum absolute atomic E-state index is 0.0728. The van der Waals surface area contributed by atoms with Gasteiger partial charge in [-0.15, -0.1) is 0 Å². The van der Waals surface area contributed by atoms with Crippen molar-refractivity contribution in [3.8, 4) is 0 Å². The predicted octanol–water partition coefficient (Wildman–Crippen LogP) is 20.8. The summed E-state index contributed by atoms with van der Waals surface area (Å²) in [5.41, 5.74) is 0. The highest BCUT2D eigenvalue weighted by Crippen LogP contribution is 2.16. The molecule has 0 aromatic heterocycles. The first-order valence-corrected chi connectivity index (χ1v) is 30.8. The summed E-state index contributed by atoms with van der Waals surface area (Å²) >= 11 is 0. The molecule has 412 valence electrons. The molecule has 71 heavy (non-hydrogen) atoms. The van der Waals surface area contributed by atoms with Gasteiger partial charge >= 0.3 is 17.9 Å². The fourth-order valence-electron chi connectivity index (χ4n) is 8.90. The van der Waals surface area contributed by atoms with E-state index in [1.165, 1.54) is 193 Å². The summed E-state index contributed by atoms with van der Waals surface area (Å²) in [7, 11) is 0. The van der Waals surface area contributed by atoms with E-state index in [9.17, 15) is 14.4 Å². The van der Waals surface area contributed by atoms with Crippen molar-refractivity contribution in [3.05, 3.63) is 60.8 Å². The van der Waals surface area contributed by atoms with Gasteiger partial charge < -0.3 is 14.2 Å². The van der Waals surface area contributed by atoms with Crippen LogP contribution in [0.3, 0.4) is 0 Å². The van der Waals surface area contributed by atoms with E-state index in [4.69, 9.17) is 14.2 Å². The van der Waals surface area contributed by atoms with E-state index in [1.807, 2.05) is 0 Å². The molecular formula is C65H116O6. The molecule has 0 saturated heterocycles. The standard InChI is InChI=1S/C65H116O6/c1-4-7-10-13-16-19-22-24-26-28-30-31-32-33-35-36-38-40-43-46-49-52-55-58-64(67)70-61-62(60-69-63(66)57-54-51-48-45-42-21-18-15-12-9-6-3)71-65(68)59-56-53-50-47-44-41-39-37-34-29-27-25-23-20-17-14-11-8-5-2/h7,10,16,19,24-27,30-31,62H,4-6,8-9,11-15,17-18,20-23,28-29,32-61H2,1-3H3/b10-7-,19-16-,26-24-,27-25-,31-30-. The Morgan fingerprint density at radius 2 is 0.549 bits per heavy atom. The monoisotopic (exact) mass is 993 g/mol. The van der Waals surface area contributed by atoms with E-state index < -0.39 is 6.10 Å². The Morgan fingerprint density at radius 3 is 0.873 bits per heavy atom. The molecule has 0 aliphatic rings. The van der Waals surface area contributed by atoms with Gasteiger partial charge in [0.1, 0.15) is 13.2 Å². The van der Waals surface area contributed by atoms with Crippen molar-refractivity contribution in [1.29, 1.82) is 0 Å². The molecule has 0 amide bonds. The number of unbranched alkanes of at least 4 members (excludes halogenated alkanes) is 35. The van der Waals surface area contributed by atoms with Gasteiger partial charge in [-0.2, -0.15) is 0 Å². The fourth-order valence-corrected chi connectivity index (χ4v) is 8.90. The first-order valence-electron chi connectivity index (χ1n) is 30.8. The van der Waals surface area contributed by atoms with Gasteiger partial charge in [0.25, 0.3) is 0 Å². The van der Waals surface area contributed by atoms with Gasteiger partial charge in [0.05, 0.1) is 0 Å². The third-order valence-electron chi connectivity index (χ3n) is 13.5. The summed E-state index contributed by atoms with van der Waals surface area (Å²) in [6, 6.07) is 0. The molecule has 1 unspecified atom stereocenters. The molecule has 0 fully saturated rings. The number of carbonyl (C=O) groups is 3. The maximum Gasteiger partial charge on any atom is 0.306 e. The summed E-state index contributed by atoms with van der Waals surface area (Å²) in [6.07, 6.45) is 75.0. The van der Waals surface area contributed by atoms with Crippen molar-refractivity contribution in [2.24, 2.45) is 0 Å². The molecule has 0 aliphatic carbocycles. The minimum Gasteiger partial charge on any atom is -0.462 e. The first-order chi connectivity index (χ1) is 35.0. The van der Waals surface area contributed by atoms with Gasteiger partial charge in [-0.3, -0.25) is 14.4 Å². The van der Waals surface area contributed by atoms with E-state index >= 15 is 0 Å². The summed E-state index contributed by atoms with van der Waals surface area (Å²) in [4.78, 5) is 38.2. The van der Waals surface area contributed by atoms with Crippen LogP contribution in [0.1, 0.15) is 316 Å². The number of allylic oxidation sites excluding steroid dienone is 10. The maximum atomic E-state index is 12.9. The molecule has 0 saturated carbocycles. The number of rotatable bonds is 56. The SMILES string of the molecule is CC/C=C\C/C=C\C/C=C\C/C=C\CCCCCCCCCCCCC(=O)OCC(COC(=O)CCCCCCCCCCCCC)OC(=O)CCCCCCCCCCC/C=C\CCCCCCCC. The van der Waals surface area contributed by atoms with Crippen LogP contribution >= 0.6 is 0 Å². The van der Waals surface area contributed by atoms with Crippen LogP contribution in [0.15, 0.2) is 60.8 Å². The Morgan fingerprint density at radius 1 is 0.296 bits per heavy atom. The number of ether oxygens (including phenoxy) is 3. The highest BCUT2D eigenvalue weighted by molar-refractivity contribution is 5.71. The molecule has 0 spiro atoms. The Bertz CT molecular complexity index is 1280. The molecular weight excluding hydrogens is 877 g/mol. The third kappa shape index (κ3) is 57.9. The van der Waals surface area contributed by atoms with Crippen LogP contribution in [0, 0.1) is 0 Å². The lowest BCUT2D eigenvalue weighted by molar-refractivity contribution is -0.167. The van der Waals surface area contributed by atoms with Crippen molar-refractivity contribution in [2.75, 3.05) is 13.2 Å². The van der Waals surface area contributed by atoms with Crippen LogP contribution in [0.2, 0.25) is 0 Å². The fraction of sp³-hybridized carbons (Fsp3) is 0.800. The van der Waals surface area contributed by atoms with Crippen LogP contribution in [0.4, 0.5) is 0 Å². The minimum atomic E-state index is -0.775. The van der Waals surface area contributed by atoms with Crippen molar-refractivity contribution < 1.29 is 28.6 Å². The van der Waals surface area contributed by atoms with Gasteiger partial charge in [-0.25, -0.2) is 0 Å². The summed E-state index contributed by atoms with van der Waals surface area (Å²) in [6.45, 7) is 6.55. The van der Waals surface area contributed by atoms with Crippen molar-refractivity contribution in [3.63, 3.8) is 0 Å². The first kappa shape index (κ1) is 68.1. The highest BCUT2D eigenvalue weighted by Gasteiger charge is 2.19. The smallest absolute Gasteiger partial charge is 0.306 e. The molecule has 6 nitrogen and oxygen atoms in total. The second-order valence-electron chi connectivity index (χ2n) is 20.6. The Labute approximate surface area is 440 Å². The highest BCUT2D eigenvalue weighted by atomic mass is 16.6. The zero-order chi connectivity index (χ0) is 51.4. The van der Waals surface area contributed by atoms with E-state index in [2.05, 4.69) is 81.5 Å².